The number of rotatable bonds is 5. The van der Waals surface area contributed by atoms with Crippen LogP contribution in [0.3, 0.4) is 0 Å². The van der Waals surface area contributed by atoms with Gasteiger partial charge in [-0.1, -0.05) is 24.8 Å². The normalized spacial score (nSPS) is 24.7. The van der Waals surface area contributed by atoms with Crippen LogP contribution >= 0.6 is 0 Å². The Morgan fingerprint density at radius 2 is 2.14 bits per heavy atom. The Balaban J connectivity index is 1.75. The highest BCUT2D eigenvalue weighted by atomic mass is 16.5. The highest BCUT2D eigenvalue weighted by molar-refractivity contribution is 5.77. The van der Waals surface area contributed by atoms with Crippen LogP contribution in [-0.2, 0) is 11.3 Å². The number of hydrogen-bond donors (Lipinski definition) is 1. The number of benzene rings is 1. The summed E-state index contributed by atoms with van der Waals surface area (Å²) >= 11 is 0. The zero-order valence-corrected chi connectivity index (χ0v) is 13.2. The van der Waals surface area contributed by atoms with Crippen molar-refractivity contribution in [1.29, 1.82) is 0 Å². The van der Waals surface area contributed by atoms with Crippen molar-refractivity contribution >= 4 is 5.91 Å². The van der Waals surface area contributed by atoms with E-state index < -0.39 is 0 Å². The van der Waals surface area contributed by atoms with Gasteiger partial charge in [-0.15, -0.1) is 0 Å². The molecule has 2 saturated heterocycles. The van der Waals surface area contributed by atoms with Gasteiger partial charge in [-0.2, -0.15) is 0 Å². The molecule has 0 saturated carbocycles. The lowest BCUT2D eigenvalue weighted by Crippen LogP contribution is -2.37. The van der Waals surface area contributed by atoms with E-state index in [2.05, 4.69) is 22.9 Å². The largest absolute Gasteiger partial charge is 0.489 e. The van der Waals surface area contributed by atoms with Gasteiger partial charge in [0.25, 0.3) is 0 Å². The number of carbonyl (C=O) groups excluding carboxylic acids is 1. The molecular formula is C18H24N2O2. The van der Waals surface area contributed by atoms with Crippen molar-refractivity contribution in [3.63, 3.8) is 0 Å². The van der Waals surface area contributed by atoms with Crippen molar-refractivity contribution in [2.75, 3.05) is 13.2 Å². The van der Waals surface area contributed by atoms with Crippen LogP contribution in [0.4, 0.5) is 0 Å². The first-order chi connectivity index (χ1) is 10.6. The lowest BCUT2D eigenvalue weighted by atomic mass is 10.1. The van der Waals surface area contributed by atoms with E-state index in [0.29, 0.717) is 25.1 Å². The maximum absolute atomic E-state index is 11.7. The van der Waals surface area contributed by atoms with E-state index >= 15 is 0 Å². The van der Waals surface area contributed by atoms with Crippen LogP contribution in [0.25, 0.3) is 0 Å². The lowest BCUT2D eigenvalue weighted by Gasteiger charge is -2.27. The maximum Gasteiger partial charge on any atom is 0.221 e. The number of nitrogens with zero attached hydrogens (tertiary/aromatic N) is 1. The van der Waals surface area contributed by atoms with Crippen molar-refractivity contribution in [3.05, 3.63) is 42.0 Å². The van der Waals surface area contributed by atoms with Gasteiger partial charge >= 0.3 is 0 Å². The third kappa shape index (κ3) is 3.33. The number of amides is 1. The van der Waals surface area contributed by atoms with Gasteiger partial charge in [0, 0.05) is 37.2 Å². The van der Waals surface area contributed by atoms with Gasteiger partial charge in [0.1, 0.15) is 12.4 Å². The monoisotopic (exact) mass is 300 g/mol. The zero-order valence-electron chi connectivity index (χ0n) is 13.2. The van der Waals surface area contributed by atoms with Crippen LogP contribution in [0.15, 0.2) is 36.4 Å². The topological polar surface area (TPSA) is 41.6 Å². The minimum absolute atomic E-state index is 0.184. The molecule has 1 aromatic rings. The fourth-order valence-corrected chi connectivity index (χ4v) is 3.40. The third-order valence-electron chi connectivity index (χ3n) is 4.53. The Bertz CT molecular complexity index is 570. The molecule has 2 fully saturated rings. The summed E-state index contributed by atoms with van der Waals surface area (Å²) in [7, 11) is 0. The van der Waals surface area contributed by atoms with Crippen LogP contribution in [-0.4, -0.2) is 36.0 Å². The van der Waals surface area contributed by atoms with Crippen LogP contribution < -0.4 is 10.1 Å². The summed E-state index contributed by atoms with van der Waals surface area (Å²) in [6.07, 6.45) is 2.90. The molecule has 0 aliphatic carbocycles. The summed E-state index contributed by atoms with van der Waals surface area (Å²) in [5.74, 6) is 1.11. The fraction of sp³-hybridized carbons (Fsp3) is 0.500. The number of nitrogens with one attached hydrogen (secondary N) is 1. The van der Waals surface area contributed by atoms with Gasteiger partial charge in [-0.25, -0.2) is 0 Å². The average molecular weight is 300 g/mol. The molecule has 22 heavy (non-hydrogen) atoms. The molecule has 1 aromatic carbocycles. The van der Waals surface area contributed by atoms with Gasteiger partial charge < -0.3 is 10.1 Å². The van der Waals surface area contributed by atoms with Gasteiger partial charge in [0.2, 0.25) is 5.91 Å². The van der Waals surface area contributed by atoms with E-state index in [1.165, 1.54) is 12.0 Å². The summed E-state index contributed by atoms with van der Waals surface area (Å²) in [5.41, 5.74) is 2.20. The number of fused-ring (bicyclic) bond motifs is 2. The van der Waals surface area contributed by atoms with Crippen LogP contribution in [0.2, 0.25) is 0 Å². The first-order valence-corrected chi connectivity index (χ1v) is 8.01. The number of ether oxygens (including phenoxy) is 1. The van der Waals surface area contributed by atoms with Crippen molar-refractivity contribution in [2.45, 2.75) is 44.8 Å². The average Bonchev–Trinajstić information content (AvgIpc) is 2.77. The predicted octanol–water partition coefficient (Wildman–Crippen LogP) is 2.49. The summed E-state index contributed by atoms with van der Waals surface area (Å²) in [5, 5.41) is 3.02. The van der Waals surface area contributed by atoms with E-state index in [1.54, 1.807) is 0 Å². The molecule has 2 heterocycles. The molecule has 2 aliphatic heterocycles. The summed E-state index contributed by atoms with van der Waals surface area (Å²) in [6, 6.07) is 8.99. The van der Waals surface area contributed by atoms with E-state index in [1.807, 2.05) is 25.1 Å². The molecule has 3 rings (SSSR count). The van der Waals surface area contributed by atoms with Crippen molar-refractivity contribution in [3.8, 4) is 5.75 Å². The minimum atomic E-state index is 0.184. The SMILES string of the molecule is C=C(C)COc1ccccc1CN1[C@@H]2CC[C@H]1CNC(=O)C2. The molecule has 0 radical (unpaired) electrons. The fourth-order valence-electron chi connectivity index (χ4n) is 3.40. The second kappa shape index (κ2) is 6.53. The van der Waals surface area contributed by atoms with Crippen LogP contribution in [0.5, 0.6) is 5.75 Å². The molecular weight excluding hydrogens is 276 g/mol. The maximum atomic E-state index is 11.7. The molecule has 118 valence electrons. The Morgan fingerprint density at radius 3 is 2.95 bits per heavy atom. The Kier molecular flexibility index (Phi) is 4.48. The highest BCUT2D eigenvalue weighted by Crippen LogP contribution is 2.32. The Hall–Kier alpha value is -1.81. The number of hydrogen-bond acceptors (Lipinski definition) is 3. The first kappa shape index (κ1) is 15.1. The van der Waals surface area contributed by atoms with E-state index in [9.17, 15) is 4.79 Å². The minimum Gasteiger partial charge on any atom is -0.489 e. The smallest absolute Gasteiger partial charge is 0.221 e. The Morgan fingerprint density at radius 1 is 1.36 bits per heavy atom. The molecule has 1 N–H and O–H groups in total. The first-order valence-electron chi connectivity index (χ1n) is 8.01. The van der Waals surface area contributed by atoms with Crippen LogP contribution in [0.1, 0.15) is 31.7 Å². The quantitative estimate of drug-likeness (QED) is 0.850. The molecule has 4 nitrogen and oxygen atoms in total. The molecule has 2 bridgehead atoms. The second-order valence-electron chi connectivity index (χ2n) is 6.42. The van der Waals surface area contributed by atoms with Crippen molar-refractivity contribution in [1.82, 2.24) is 10.2 Å². The highest BCUT2D eigenvalue weighted by Gasteiger charge is 2.37. The lowest BCUT2D eigenvalue weighted by molar-refractivity contribution is -0.121. The number of carbonyl (C=O) groups is 1. The summed E-state index contributed by atoms with van der Waals surface area (Å²) < 4.78 is 5.87. The van der Waals surface area contributed by atoms with Crippen LogP contribution in [0, 0.1) is 0 Å². The third-order valence-corrected chi connectivity index (χ3v) is 4.53. The zero-order chi connectivity index (χ0) is 15.5. The van der Waals surface area contributed by atoms with E-state index in [0.717, 1.165) is 30.8 Å². The predicted molar refractivity (Wildman–Crippen MR) is 86.7 cm³/mol. The Labute approximate surface area is 132 Å². The van der Waals surface area contributed by atoms with E-state index in [4.69, 9.17) is 4.74 Å². The van der Waals surface area contributed by atoms with Crippen molar-refractivity contribution in [2.24, 2.45) is 0 Å². The second-order valence-corrected chi connectivity index (χ2v) is 6.42. The van der Waals surface area contributed by atoms with Gasteiger partial charge in [0.15, 0.2) is 0 Å². The molecule has 0 unspecified atom stereocenters. The standard InChI is InChI=1S/C18H24N2O2/c1-13(2)12-22-17-6-4-3-5-14(17)11-20-15-7-8-16(20)10-19-18(21)9-15/h3-6,15-16H,1,7-12H2,2H3,(H,19,21)/t15-,16+/m1/s1. The molecule has 0 aromatic heterocycles. The summed E-state index contributed by atoms with van der Waals surface area (Å²) in [6.45, 7) is 8.01. The molecule has 2 aliphatic rings. The van der Waals surface area contributed by atoms with Crippen molar-refractivity contribution < 1.29 is 9.53 Å². The molecule has 4 heteroatoms. The van der Waals surface area contributed by atoms with Gasteiger partial charge in [-0.05, 0) is 31.4 Å². The van der Waals surface area contributed by atoms with Gasteiger partial charge in [0.05, 0.1) is 0 Å². The molecule has 1 amide bonds. The van der Waals surface area contributed by atoms with E-state index in [-0.39, 0.29) is 5.91 Å². The molecule has 2 atom stereocenters. The van der Waals surface area contributed by atoms with Gasteiger partial charge in [-0.3, -0.25) is 9.69 Å². The summed E-state index contributed by atoms with van der Waals surface area (Å²) in [4.78, 5) is 14.2. The number of para-hydroxylation sites is 1. The molecule has 0 spiro atoms.